The number of carbonyl (C=O) groups excluding carboxylic acids is 1. The number of rotatable bonds is 2. The minimum Gasteiger partial charge on any atom is -0.481 e. The topological polar surface area (TPSA) is 79.7 Å². The molecule has 1 aromatic heterocycles. The van der Waals surface area contributed by atoms with E-state index in [0.717, 1.165) is 4.88 Å². The van der Waals surface area contributed by atoms with Gasteiger partial charge in [-0.1, -0.05) is 11.6 Å². The molecule has 6 nitrogen and oxygen atoms in total. The van der Waals surface area contributed by atoms with E-state index in [2.05, 4.69) is 4.98 Å². The van der Waals surface area contributed by atoms with Crippen molar-refractivity contribution in [1.82, 2.24) is 9.88 Å². The van der Waals surface area contributed by atoms with E-state index in [9.17, 15) is 14.7 Å². The van der Waals surface area contributed by atoms with E-state index >= 15 is 0 Å². The number of ether oxygens (including phenoxy) is 1. The first-order valence-electron chi connectivity index (χ1n) is 6.49. The highest BCUT2D eigenvalue weighted by molar-refractivity contribution is 7.15. The Kier molecular flexibility index (Phi) is 4.43. The summed E-state index contributed by atoms with van der Waals surface area (Å²) in [5.74, 6) is -1.91. The van der Waals surface area contributed by atoms with Crippen molar-refractivity contribution in [1.29, 1.82) is 0 Å². The summed E-state index contributed by atoms with van der Waals surface area (Å²) in [6, 6.07) is 0. The van der Waals surface area contributed by atoms with Crippen LogP contribution >= 0.6 is 22.9 Å². The number of amides is 1. The number of thiazole rings is 1. The Labute approximate surface area is 131 Å². The second kappa shape index (κ2) is 5.81. The Balaban J connectivity index is 2.15. The molecule has 0 bridgehead atoms. The standard InChI is InChI=1S/C13H17ClN2O4S/c1-13(2,3)20-12(19)16-5-7(8(6-16)10(17)18)9-4-15-11(14)21-9/h4,7-8H,5-6H2,1-3H3,(H,17,18). The molecular formula is C13H17ClN2O4S. The van der Waals surface area contributed by atoms with Crippen molar-refractivity contribution in [3.8, 4) is 0 Å². The van der Waals surface area contributed by atoms with Crippen LogP contribution in [0.15, 0.2) is 6.20 Å². The molecule has 116 valence electrons. The van der Waals surface area contributed by atoms with Gasteiger partial charge in [0.2, 0.25) is 0 Å². The smallest absolute Gasteiger partial charge is 0.410 e. The van der Waals surface area contributed by atoms with Gasteiger partial charge >= 0.3 is 12.1 Å². The lowest BCUT2D eigenvalue weighted by Crippen LogP contribution is -2.35. The minimum absolute atomic E-state index is 0.129. The Bertz CT molecular complexity index is 555. The van der Waals surface area contributed by atoms with Crippen LogP contribution in [0.2, 0.25) is 4.47 Å². The predicted octanol–water partition coefficient (Wildman–Crippen LogP) is 2.83. The zero-order valence-electron chi connectivity index (χ0n) is 12.0. The SMILES string of the molecule is CC(C)(C)OC(=O)N1CC(C(=O)O)C(c2cnc(Cl)s2)C1. The van der Waals surface area contributed by atoms with Gasteiger partial charge in [0.15, 0.2) is 4.47 Å². The van der Waals surface area contributed by atoms with E-state index < -0.39 is 23.6 Å². The number of carbonyl (C=O) groups is 2. The van der Waals surface area contributed by atoms with Gasteiger partial charge in [-0.3, -0.25) is 4.79 Å². The summed E-state index contributed by atoms with van der Waals surface area (Å²) < 4.78 is 5.66. The zero-order valence-corrected chi connectivity index (χ0v) is 13.6. The molecule has 2 atom stereocenters. The summed E-state index contributed by atoms with van der Waals surface area (Å²) in [7, 11) is 0. The van der Waals surface area contributed by atoms with Gasteiger partial charge < -0.3 is 14.7 Å². The molecule has 1 aromatic rings. The number of nitrogens with zero attached hydrogens (tertiary/aromatic N) is 2. The Hall–Kier alpha value is -1.34. The fourth-order valence-electron chi connectivity index (χ4n) is 2.25. The van der Waals surface area contributed by atoms with Crippen molar-refractivity contribution in [2.45, 2.75) is 32.3 Å². The van der Waals surface area contributed by atoms with Gasteiger partial charge in [-0.25, -0.2) is 9.78 Å². The molecule has 0 aromatic carbocycles. The van der Waals surface area contributed by atoms with E-state index in [-0.39, 0.29) is 12.5 Å². The number of hydrogen-bond donors (Lipinski definition) is 1. The van der Waals surface area contributed by atoms with Crippen molar-refractivity contribution >= 4 is 35.0 Å². The van der Waals surface area contributed by atoms with Gasteiger partial charge in [0.25, 0.3) is 0 Å². The number of carboxylic acid groups (broad SMARTS) is 1. The quantitative estimate of drug-likeness (QED) is 0.900. The molecule has 1 fully saturated rings. The van der Waals surface area contributed by atoms with Crippen molar-refractivity contribution in [3.05, 3.63) is 15.5 Å². The van der Waals surface area contributed by atoms with E-state index in [1.165, 1.54) is 16.2 Å². The largest absolute Gasteiger partial charge is 0.481 e. The van der Waals surface area contributed by atoms with Crippen LogP contribution in [0, 0.1) is 5.92 Å². The number of carboxylic acids is 1. The first kappa shape index (κ1) is 16.0. The van der Waals surface area contributed by atoms with Crippen molar-refractivity contribution in [2.24, 2.45) is 5.92 Å². The molecule has 1 saturated heterocycles. The summed E-state index contributed by atoms with van der Waals surface area (Å²) in [5, 5.41) is 9.36. The van der Waals surface area contributed by atoms with Gasteiger partial charge in [0.1, 0.15) is 5.60 Å². The van der Waals surface area contributed by atoms with Gasteiger partial charge in [0.05, 0.1) is 5.92 Å². The maximum atomic E-state index is 12.1. The third-order valence-electron chi connectivity index (χ3n) is 3.15. The zero-order chi connectivity index (χ0) is 15.8. The normalized spacial score (nSPS) is 22.4. The first-order valence-corrected chi connectivity index (χ1v) is 7.69. The fourth-order valence-corrected chi connectivity index (χ4v) is 3.37. The van der Waals surface area contributed by atoms with Crippen molar-refractivity contribution in [3.63, 3.8) is 0 Å². The lowest BCUT2D eigenvalue weighted by molar-refractivity contribution is -0.141. The number of halogens is 1. The molecule has 0 radical (unpaired) electrons. The number of likely N-dealkylation sites (tertiary alicyclic amines) is 1. The fraction of sp³-hybridized carbons (Fsp3) is 0.615. The summed E-state index contributed by atoms with van der Waals surface area (Å²) in [6.07, 6.45) is 1.08. The molecule has 1 aliphatic heterocycles. The van der Waals surface area contributed by atoms with Crippen molar-refractivity contribution < 1.29 is 19.4 Å². The molecule has 2 unspecified atom stereocenters. The van der Waals surface area contributed by atoms with Crippen LogP contribution in [-0.2, 0) is 9.53 Å². The van der Waals surface area contributed by atoms with E-state index in [1.54, 1.807) is 27.0 Å². The Morgan fingerprint density at radius 2 is 2.14 bits per heavy atom. The maximum absolute atomic E-state index is 12.1. The average Bonchev–Trinajstić information content (AvgIpc) is 2.91. The van der Waals surface area contributed by atoms with Crippen LogP contribution in [0.5, 0.6) is 0 Å². The van der Waals surface area contributed by atoms with E-state index in [1.807, 2.05) is 0 Å². The maximum Gasteiger partial charge on any atom is 0.410 e. The highest BCUT2D eigenvalue weighted by Gasteiger charge is 2.42. The lowest BCUT2D eigenvalue weighted by atomic mass is 9.95. The van der Waals surface area contributed by atoms with Gasteiger partial charge in [0, 0.05) is 30.1 Å². The van der Waals surface area contributed by atoms with Crippen LogP contribution < -0.4 is 0 Å². The molecule has 0 saturated carbocycles. The van der Waals surface area contributed by atoms with E-state index in [0.29, 0.717) is 11.0 Å². The molecule has 0 spiro atoms. The van der Waals surface area contributed by atoms with E-state index in [4.69, 9.17) is 16.3 Å². The molecular weight excluding hydrogens is 316 g/mol. The summed E-state index contributed by atoms with van der Waals surface area (Å²) in [4.78, 5) is 29.7. The summed E-state index contributed by atoms with van der Waals surface area (Å²) >= 11 is 7.05. The number of hydrogen-bond acceptors (Lipinski definition) is 5. The second-order valence-corrected chi connectivity index (χ2v) is 7.60. The number of aromatic nitrogens is 1. The summed E-state index contributed by atoms with van der Waals surface area (Å²) in [5.41, 5.74) is -0.609. The first-order chi connectivity index (χ1) is 9.67. The molecule has 1 amide bonds. The van der Waals surface area contributed by atoms with Crippen LogP contribution in [0.3, 0.4) is 0 Å². The number of aliphatic carboxylic acids is 1. The molecule has 2 heterocycles. The monoisotopic (exact) mass is 332 g/mol. The minimum atomic E-state index is -0.935. The molecule has 0 aliphatic carbocycles. The third-order valence-corrected chi connectivity index (χ3v) is 4.40. The predicted molar refractivity (Wildman–Crippen MR) is 78.8 cm³/mol. The molecule has 1 aliphatic rings. The highest BCUT2D eigenvalue weighted by Crippen LogP contribution is 2.37. The van der Waals surface area contributed by atoms with Crippen LogP contribution in [0.4, 0.5) is 4.79 Å². The molecule has 2 rings (SSSR count). The van der Waals surface area contributed by atoms with Crippen LogP contribution in [0.1, 0.15) is 31.6 Å². The van der Waals surface area contributed by atoms with Gasteiger partial charge in [-0.2, -0.15) is 0 Å². The third kappa shape index (κ3) is 3.85. The van der Waals surface area contributed by atoms with Crippen molar-refractivity contribution in [2.75, 3.05) is 13.1 Å². The average molecular weight is 333 g/mol. The van der Waals surface area contributed by atoms with Gasteiger partial charge in [-0.05, 0) is 20.8 Å². The molecule has 1 N–H and O–H groups in total. The molecule has 21 heavy (non-hydrogen) atoms. The molecule has 8 heteroatoms. The van der Waals surface area contributed by atoms with Crippen LogP contribution in [-0.4, -0.2) is 45.7 Å². The Morgan fingerprint density at radius 3 is 2.62 bits per heavy atom. The summed E-state index contributed by atoms with van der Waals surface area (Å²) in [6.45, 7) is 5.75. The van der Waals surface area contributed by atoms with Gasteiger partial charge in [-0.15, -0.1) is 11.3 Å². The second-order valence-electron chi connectivity index (χ2n) is 5.95. The highest BCUT2D eigenvalue weighted by atomic mass is 35.5. The lowest BCUT2D eigenvalue weighted by Gasteiger charge is -2.24. The van der Waals surface area contributed by atoms with Crippen LogP contribution in [0.25, 0.3) is 0 Å². The Morgan fingerprint density at radius 1 is 1.48 bits per heavy atom.